The lowest BCUT2D eigenvalue weighted by molar-refractivity contribution is 0.104. The van der Waals surface area contributed by atoms with Crippen molar-refractivity contribution in [3.8, 4) is 11.8 Å². The zero-order valence-electron chi connectivity index (χ0n) is 13.7. The first-order valence-corrected chi connectivity index (χ1v) is 8.39. The average Bonchev–Trinajstić information content (AvgIpc) is 2.96. The van der Waals surface area contributed by atoms with Gasteiger partial charge in [-0.15, -0.1) is 11.3 Å². The molecular weight excluding hydrogens is 353 g/mol. The van der Waals surface area contributed by atoms with Crippen LogP contribution in [0.25, 0.3) is 0 Å². The Hall–Kier alpha value is -3.37. The number of nitrogen functional groups attached to an aromatic ring is 1. The van der Waals surface area contributed by atoms with E-state index in [9.17, 15) is 14.4 Å². The first-order valence-electron chi connectivity index (χ1n) is 7.57. The van der Waals surface area contributed by atoms with Crippen LogP contribution in [-0.4, -0.2) is 12.9 Å². The summed E-state index contributed by atoms with van der Waals surface area (Å²) in [5.74, 6) is -0.175. The molecule has 1 heterocycles. The third-order valence-electron chi connectivity index (χ3n) is 3.68. The molecule has 0 amide bonds. The van der Waals surface area contributed by atoms with Crippen LogP contribution in [-0.2, 0) is 0 Å². The molecule has 0 saturated heterocycles. The summed E-state index contributed by atoms with van der Waals surface area (Å²) in [6.07, 6.45) is 0. The number of carbonyl (C=O) groups excluding carboxylic acids is 1. The van der Waals surface area contributed by atoms with E-state index in [1.807, 2.05) is 6.07 Å². The van der Waals surface area contributed by atoms with Crippen LogP contribution in [0.1, 0.15) is 20.8 Å². The first kappa shape index (κ1) is 17.5. The second kappa shape index (κ2) is 7.25. The van der Waals surface area contributed by atoms with Gasteiger partial charge in [0.05, 0.1) is 12.8 Å². The quantitative estimate of drug-likeness (QED) is 0.656. The molecule has 0 bridgehead atoms. The minimum absolute atomic E-state index is 0.101. The second-order valence-electron chi connectivity index (χ2n) is 5.36. The number of methoxy groups -OCH3 is 1. The number of nitriles is 1. The number of nitrogens with two attached hydrogens (primary N) is 1. The molecule has 2 aromatic carbocycles. The van der Waals surface area contributed by atoms with Crippen LogP contribution in [0.2, 0.25) is 0 Å². The minimum Gasteiger partial charge on any atom is -0.497 e. The fourth-order valence-corrected chi connectivity index (χ4v) is 3.46. The number of nitrogens with zero attached hydrogens (tertiary/aromatic N) is 1. The molecule has 7 heteroatoms. The van der Waals surface area contributed by atoms with E-state index < -0.39 is 5.82 Å². The Morgan fingerprint density at radius 2 is 2.04 bits per heavy atom. The van der Waals surface area contributed by atoms with Crippen LogP contribution < -0.4 is 15.8 Å². The van der Waals surface area contributed by atoms with Gasteiger partial charge in [-0.2, -0.15) is 5.26 Å². The maximum absolute atomic E-state index is 13.4. The van der Waals surface area contributed by atoms with Gasteiger partial charge in [0.25, 0.3) is 0 Å². The van der Waals surface area contributed by atoms with E-state index in [1.165, 1.54) is 19.2 Å². The average molecular weight is 367 g/mol. The monoisotopic (exact) mass is 367 g/mol. The Balaban J connectivity index is 1.99. The zero-order chi connectivity index (χ0) is 18.7. The van der Waals surface area contributed by atoms with Crippen molar-refractivity contribution >= 4 is 33.5 Å². The number of hydrogen-bond acceptors (Lipinski definition) is 6. The van der Waals surface area contributed by atoms with Crippen molar-refractivity contribution in [2.24, 2.45) is 0 Å². The molecule has 0 spiro atoms. The summed E-state index contributed by atoms with van der Waals surface area (Å²) in [6, 6.07) is 14.5. The van der Waals surface area contributed by atoms with Crippen molar-refractivity contribution in [1.82, 2.24) is 0 Å². The molecular formula is C19H14FN3O2S. The van der Waals surface area contributed by atoms with Crippen LogP contribution in [0.15, 0.2) is 48.5 Å². The molecule has 3 N–H and O–H groups in total. The van der Waals surface area contributed by atoms with Crippen molar-refractivity contribution in [2.45, 2.75) is 0 Å². The summed E-state index contributed by atoms with van der Waals surface area (Å²) < 4.78 is 18.5. The van der Waals surface area contributed by atoms with Crippen molar-refractivity contribution < 1.29 is 13.9 Å². The van der Waals surface area contributed by atoms with Gasteiger partial charge in [0.1, 0.15) is 33.1 Å². The number of thiophene rings is 1. The Morgan fingerprint density at radius 3 is 2.73 bits per heavy atom. The van der Waals surface area contributed by atoms with E-state index >= 15 is 0 Å². The van der Waals surface area contributed by atoms with Gasteiger partial charge in [0, 0.05) is 11.3 Å². The number of ether oxygens (including phenoxy) is 1. The Kier molecular flexibility index (Phi) is 4.87. The largest absolute Gasteiger partial charge is 0.497 e. The Bertz CT molecular complexity index is 1020. The molecule has 0 aliphatic rings. The van der Waals surface area contributed by atoms with Gasteiger partial charge in [-0.25, -0.2) is 4.39 Å². The number of carbonyl (C=O) groups is 1. The molecule has 0 saturated carbocycles. The molecule has 3 rings (SSSR count). The smallest absolute Gasteiger partial charge is 0.205 e. The van der Waals surface area contributed by atoms with Gasteiger partial charge in [-0.3, -0.25) is 4.79 Å². The fraction of sp³-hybridized carbons (Fsp3) is 0.0526. The number of ketones is 1. The number of halogens is 1. The highest BCUT2D eigenvalue weighted by Crippen LogP contribution is 2.38. The van der Waals surface area contributed by atoms with E-state index in [2.05, 4.69) is 5.32 Å². The van der Waals surface area contributed by atoms with Gasteiger partial charge in [-0.05, 0) is 30.3 Å². The van der Waals surface area contributed by atoms with Crippen LogP contribution in [0.3, 0.4) is 0 Å². The number of rotatable bonds is 5. The Morgan fingerprint density at radius 1 is 1.27 bits per heavy atom. The van der Waals surface area contributed by atoms with Crippen LogP contribution >= 0.6 is 11.3 Å². The van der Waals surface area contributed by atoms with Gasteiger partial charge < -0.3 is 15.8 Å². The third-order valence-corrected chi connectivity index (χ3v) is 4.80. The number of hydrogen-bond donors (Lipinski definition) is 2. The lowest BCUT2D eigenvalue weighted by Gasteiger charge is -2.04. The van der Waals surface area contributed by atoms with Gasteiger partial charge >= 0.3 is 0 Å². The molecule has 0 atom stereocenters. The van der Waals surface area contributed by atoms with Crippen molar-refractivity contribution in [2.75, 3.05) is 18.2 Å². The molecule has 26 heavy (non-hydrogen) atoms. The summed E-state index contributed by atoms with van der Waals surface area (Å²) in [5, 5.41) is 12.8. The fourth-order valence-electron chi connectivity index (χ4n) is 2.40. The standard InChI is InChI=1S/C19H14FN3O2S/c1-25-14-7-2-4-11(8-14)17(24)18-16(22)15(10-21)19(26-18)23-13-6-3-5-12(20)9-13/h2-9,23H,22H2,1H3. The minimum atomic E-state index is -0.411. The highest BCUT2D eigenvalue weighted by Gasteiger charge is 2.22. The highest BCUT2D eigenvalue weighted by atomic mass is 32.1. The van der Waals surface area contributed by atoms with Crippen LogP contribution in [0, 0.1) is 17.1 Å². The van der Waals surface area contributed by atoms with Crippen molar-refractivity contribution in [1.29, 1.82) is 5.26 Å². The van der Waals surface area contributed by atoms with Crippen LogP contribution in [0.4, 0.5) is 20.8 Å². The number of anilines is 3. The predicted molar refractivity (Wildman–Crippen MR) is 99.6 cm³/mol. The number of nitrogens with one attached hydrogen (secondary N) is 1. The van der Waals surface area contributed by atoms with Gasteiger partial charge in [0.2, 0.25) is 5.78 Å². The SMILES string of the molecule is COc1cccc(C(=O)c2sc(Nc3cccc(F)c3)c(C#N)c2N)c1. The van der Waals surface area contributed by atoms with Crippen molar-refractivity contribution in [3.05, 3.63) is 70.4 Å². The molecule has 1 aromatic heterocycles. The molecule has 0 aliphatic heterocycles. The van der Waals surface area contributed by atoms with Crippen LogP contribution in [0.5, 0.6) is 5.75 Å². The van der Waals surface area contributed by atoms with E-state index in [0.717, 1.165) is 11.3 Å². The molecule has 3 aromatic rings. The van der Waals surface area contributed by atoms with Gasteiger partial charge in [0.15, 0.2) is 0 Å². The summed E-state index contributed by atoms with van der Waals surface area (Å²) >= 11 is 1.06. The van der Waals surface area contributed by atoms with E-state index in [-0.39, 0.29) is 21.9 Å². The summed E-state index contributed by atoms with van der Waals surface area (Å²) in [4.78, 5) is 13.0. The van der Waals surface area contributed by atoms with Crippen molar-refractivity contribution in [3.63, 3.8) is 0 Å². The summed E-state index contributed by atoms with van der Waals surface area (Å²) in [5.41, 5.74) is 7.15. The summed E-state index contributed by atoms with van der Waals surface area (Å²) in [6.45, 7) is 0. The zero-order valence-corrected chi connectivity index (χ0v) is 14.6. The lowest BCUT2D eigenvalue weighted by Crippen LogP contribution is -2.03. The molecule has 130 valence electrons. The lowest BCUT2D eigenvalue weighted by atomic mass is 10.1. The van der Waals surface area contributed by atoms with E-state index in [1.54, 1.807) is 36.4 Å². The Labute approximate surface area is 153 Å². The maximum Gasteiger partial charge on any atom is 0.205 e. The summed E-state index contributed by atoms with van der Waals surface area (Å²) in [7, 11) is 1.51. The van der Waals surface area contributed by atoms with Gasteiger partial charge in [-0.1, -0.05) is 18.2 Å². The first-order chi connectivity index (χ1) is 12.5. The molecule has 5 nitrogen and oxygen atoms in total. The van der Waals surface area contributed by atoms with E-state index in [4.69, 9.17) is 10.5 Å². The topological polar surface area (TPSA) is 88.1 Å². The molecule has 0 radical (unpaired) electrons. The third kappa shape index (κ3) is 3.36. The second-order valence-corrected chi connectivity index (χ2v) is 6.38. The number of benzene rings is 2. The maximum atomic E-state index is 13.4. The highest BCUT2D eigenvalue weighted by molar-refractivity contribution is 7.19. The molecule has 0 aliphatic carbocycles. The molecule has 0 fully saturated rings. The molecule has 0 unspecified atom stereocenters. The van der Waals surface area contributed by atoms with E-state index in [0.29, 0.717) is 22.0 Å². The predicted octanol–water partition coefficient (Wildman–Crippen LogP) is 4.32. The normalized spacial score (nSPS) is 10.2.